The van der Waals surface area contributed by atoms with Crippen LogP contribution in [0.5, 0.6) is 0 Å². The highest BCUT2D eigenvalue weighted by Crippen LogP contribution is 2.29. The second-order valence-corrected chi connectivity index (χ2v) is 5.37. The van der Waals surface area contributed by atoms with Crippen molar-refractivity contribution in [1.82, 2.24) is 10.6 Å². The molecule has 0 bridgehead atoms. The van der Waals surface area contributed by atoms with E-state index in [0.717, 1.165) is 18.7 Å². The van der Waals surface area contributed by atoms with Crippen molar-refractivity contribution in [2.75, 3.05) is 11.4 Å². The highest BCUT2D eigenvalue weighted by Gasteiger charge is 2.28. The van der Waals surface area contributed by atoms with Crippen LogP contribution in [0.4, 0.5) is 10.5 Å². The van der Waals surface area contributed by atoms with E-state index in [0.29, 0.717) is 0 Å². The molecule has 3 amide bonds. The number of carbonyl (C=O) groups excluding carboxylic acids is 2. The Morgan fingerprint density at radius 1 is 1.20 bits per heavy atom. The number of urea groups is 1. The fourth-order valence-corrected chi connectivity index (χ4v) is 2.42. The maximum absolute atomic E-state index is 12.1. The number of amides is 3. The van der Waals surface area contributed by atoms with Crippen LogP contribution in [0.15, 0.2) is 24.3 Å². The first kappa shape index (κ1) is 14.4. The quantitative estimate of drug-likeness (QED) is 0.882. The third kappa shape index (κ3) is 3.10. The van der Waals surface area contributed by atoms with Gasteiger partial charge in [-0.1, -0.05) is 18.2 Å². The predicted molar refractivity (Wildman–Crippen MR) is 78.8 cm³/mol. The van der Waals surface area contributed by atoms with Crippen LogP contribution in [0.2, 0.25) is 0 Å². The summed E-state index contributed by atoms with van der Waals surface area (Å²) < 4.78 is 0. The molecule has 1 aliphatic rings. The summed E-state index contributed by atoms with van der Waals surface area (Å²) in [6.45, 7) is 6.33. The molecule has 0 aromatic heterocycles. The van der Waals surface area contributed by atoms with Gasteiger partial charge < -0.3 is 10.2 Å². The number of carbonyl (C=O) groups is 2. The molecule has 5 heteroatoms. The third-order valence-electron chi connectivity index (χ3n) is 3.43. The summed E-state index contributed by atoms with van der Waals surface area (Å²) in [5, 5.41) is 5.04. The molecule has 0 spiro atoms. The van der Waals surface area contributed by atoms with Crippen molar-refractivity contribution >= 4 is 17.6 Å². The molecule has 0 fully saturated rings. The van der Waals surface area contributed by atoms with Gasteiger partial charge in [0.25, 0.3) is 0 Å². The minimum Gasteiger partial charge on any atom is -0.359 e. The zero-order valence-electron chi connectivity index (χ0n) is 12.1. The number of nitrogens with zero attached hydrogens (tertiary/aromatic N) is 1. The maximum atomic E-state index is 12.1. The lowest BCUT2D eigenvalue weighted by molar-refractivity contribution is -0.120. The molecular formula is C15H21N3O2. The molecule has 2 rings (SSSR count). The standard InChI is InChI=1S/C15H21N3O2/c1-10(2)16-15(20)17-14(19)11(3)18-9-8-12-6-4-5-7-13(12)18/h4-7,10-11H,8-9H2,1-3H3,(H2,16,17,19,20)/t11-/m0/s1. The van der Waals surface area contributed by atoms with Gasteiger partial charge in [-0.2, -0.15) is 0 Å². The first-order valence-electron chi connectivity index (χ1n) is 6.95. The summed E-state index contributed by atoms with van der Waals surface area (Å²) in [5.74, 6) is -0.278. The number of anilines is 1. The van der Waals surface area contributed by atoms with Crippen molar-refractivity contribution in [2.24, 2.45) is 0 Å². The number of nitrogens with one attached hydrogen (secondary N) is 2. The first-order chi connectivity index (χ1) is 9.49. The fourth-order valence-electron chi connectivity index (χ4n) is 2.42. The minimum atomic E-state index is -0.440. The van der Waals surface area contributed by atoms with Gasteiger partial charge in [0.1, 0.15) is 6.04 Å². The fraction of sp³-hybridized carbons (Fsp3) is 0.467. The van der Waals surface area contributed by atoms with Crippen molar-refractivity contribution < 1.29 is 9.59 Å². The SMILES string of the molecule is CC(C)NC(=O)NC(=O)[C@H](C)N1CCc2ccccc21. The second kappa shape index (κ2) is 5.94. The van der Waals surface area contributed by atoms with E-state index in [4.69, 9.17) is 0 Å². The lowest BCUT2D eigenvalue weighted by Gasteiger charge is -2.26. The van der Waals surface area contributed by atoms with Crippen LogP contribution in [0, 0.1) is 0 Å². The van der Waals surface area contributed by atoms with E-state index in [1.54, 1.807) is 0 Å². The smallest absolute Gasteiger partial charge is 0.321 e. The van der Waals surface area contributed by atoms with Crippen molar-refractivity contribution in [2.45, 2.75) is 39.3 Å². The summed E-state index contributed by atoms with van der Waals surface area (Å²) in [5.41, 5.74) is 2.33. The largest absolute Gasteiger partial charge is 0.359 e. The molecule has 108 valence electrons. The predicted octanol–water partition coefficient (Wildman–Crippen LogP) is 1.67. The maximum Gasteiger partial charge on any atom is 0.321 e. The molecule has 0 saturated heterocycles. The molecule has 5 nitrogen and oxygen atoms in total. The summed E-state index contributed by atoms with van der Waals surface area (Å²) in [7, 11) is 0. The number of rotatable bonds is 3. The molecule has 2 N–H and O–H groups in total. The topological polar surface area (TPSA) is 61.4 Å². The highest BCUT2D eigenvalue weighted by atomic mass is 16.2. The van der Waals surface area contributed by atoms with Crippen LogP contribution in [0.3, 0.4) is 0 Å². The van der Waals surface area contributed by atoms with Crippen molar-refractivity contribution in [3.63, 3.8) is 0 Å². The van der Waals surface area contributed by atoms with E-state index in [-0.39, 0.29) is 18.0 Å². The molecule has 0 radical (unpaired) electrons. The zero-order chi connectivity index (χ0) is 14.7. The number of benzene rings is 1. The number of hydrogen-bond donors (Lipinski definition) is 2. The number of imide groups is 1. The van der Waals surface area contributed by atoms with Crippen LogP contribution in [0.1, 0.15) is 26.3 Å². The molecule has 1 heterocycles. The molecule has 20 heavy (non-hydrogen) atoms. The normalized spacial score (nSPS) is 14.9. The van der Waals surface area contributed by atoms with Crippen LogP contribution in [-0.4, -0.2) is 30.6 Å². The van der Waals surface area contributed by atoms with E-state index in [1.165, 1.54) is 5.56 Å². The van der Waals surface area contributed by atoms with Gasteiger partial charge in [0.2, 0.25) is 5.91 Å². The number of hydrogen-bond acceptors (Lipinski definition) is 3. The van der Waals surface area contributed by atoms with Gasteiger partial charge in [0.15, 0.2) is 0 Å². The Kier molecular flexibility index (Phi) is 4.27. The van der Waals surface area contributed by atoms with Gasteiger partial charge in [0.05, 0.1) is 0 Å². The summed E-state index contributed by atoms with van der Waals surface area (Å²) >= 11 is 0. The number of para-hydroxylation sites is 1. The first-order valence-corrected chi connectivity index (χ1v) is 6.95. The zero-order valence-corrected chi connectivity index (χ0v) is 12.1. The van der Waals surface area contributed by atoms with E-state index >= 15 is 0 Å². The molecule has 1 aromatic carbocycles. The second-order valence-electron chi connectivity index (χ2n) is 5.37. The highest BCUT2D eigenvalue weighted by molar-refractivity contribution is 5.98. The Morgan fingerprint density at radius 3 is 2.60 bits per heavy atom. The van der Waals surface area contributed by atoms with E-state index in [9.17, 15) is 9.59 Å². The van der Waals surface area contributed by atoms with Gasteiger partial charge in [0, 0.05) is 18.3 Å². The van der Waals surface area contributed by atoms with Crippen LogP contribution >= 0.6 is 0 Å². The van der Waals surface area contributed by atoms with E-state index in [1.807, 2.05) is 43.9 Å². The average molecular weight is 275 g/mol. The Labute approximate surface area is 119 Å². The lowest BCUT2D eigenvalue weighted by Crippen LogP contribution is -2.50. The minimum absolute atomic E-state index is 0.00520. The monoisotopic (exact) mass is 275 g/mol. The van der Waals surface area contributed by atoms with Crippen molar-refractivity contribution in [1.29, 1.82) is 0 Å². The molecule has 1 aromatic rings. The Balaban J connectivity index is 2.00. The molecule has 0 unspecified atom stereocenters. The van der Waals surface area contributed by atoms with E-state index < -0.39 is 6.03 Å². The van der Waals surface area contributed by atoms with Crippen LogP contribution in [0.25, 0.3) is 0 Å². The Bertz CT molecular complexity index is 514. The van der Waals surface area contributed by atoms with Gasteiger partial charge in [-0.25, -0.2) is 4.79 Å². The van der Waals surface area contributed by atoms with Gasteiger partial charge in [-0.05, 0) is 38.8 Å². The molecule has 1 atom stereocenters. The van der Waals surface area contributed by atoms with Crippen LogP contribution < -0.4 is 15.5 Å². The van der Waals surface area contributed by atoms with Gasteiger partial charge >= 0.3 is 6.03 Å². The summed E-state index contributed by atoms with van der Waals surface area (Å²) in [4.78, 5) is 25.7. The molecule has 0 aliphatic carbocycles. The average Bonchev–Trinajstić information content (AvgIpc) is 2.80. The summed E-state index contributed by atoms with van der Waals surface area (Å²) in [6, 6.07) is 7.26. The van der Waals surface area contributed by atoms with Crippen molar-refractivity contribution in [3.8, 4) is 0 Å². The van der Waals surface area contributed by atoms with Gasteiger partial charge in [-0.15, -0.1) is 0 Å². The van der Waals surface area contributed by atoms with E-state index in [2.05, 4.69) is 16.7 Å². The lowest BCUT2D eigenvalue weighted by atomic mass is 10.2. The summed E-state index contributed by atoms with van der Waals surface area (Å²) in [6.07, 6.45) is 0.936. The number of fused-ring (bicyclic) bond motifs is 1. The van der Waals surface area contributed by atoms with Crippen molar-refractivity contribution in [3.05, 3.63) is 29.8 Å². The molecular weight excluding hydrogens is 254 g/mol. The van der Waals surface area contributed by atoms with Crippen LogP contribution in [-0.2, 0) is 11.2 Å². The van der Waals surface area contributed by atoms with Gasteiger partial charge in [-0.3, -0.25) is 10.1 Å². The Morgan fingerprint density at radius 2 is 1.90 bits per heavy atom. The Hall–Kier alpha value is -2.04. The molecule has 1 aliphatic heterocycles. The third-order valence-corrected chi connectivity index (χ3v) is 3.43. The molecule has 0 saturated carbocycles.